The summed E-state index contributed by atoms with van der Waals surface area (Å²) in [5.41, 5.74) is 3.71. The smallest absolute Gasteiger partial charge is 0.243 e. The molecule has 0 bridgehead atoms. The molecule has 0 atom stereocenters. The molecule has 0 fully saturated rings. The molecule has 0 aliphatic heterocycles. The summed E-state index contributed by atoms with van der Waals surface area (Å²) < 4.78 is 13.2. The summed E-state index contributed by atoms with van der Waals surface area (Å²) in [6.45, 7) is 3.66. The fourth-order valence-electron chi connectivity index (χ4n) is 2.54. The lowest BCUT2D eigenvalue weighted by Gasteiger charge is -2.12. The van der Waals surface area contributed by atoms with Crippen molar-refractivity contribution >= 4 is 5.91 Å². The number of hydrogen-bond donors (Lipinski definition) is 1. The van der Waals surface area contributed by atoms with Crippen LogP contribution in [0, 0.1) is 17.1 Å². The lowest BCUT2D eigenvalue weighted by Crippen LogP contribution is -2.20. The fraction of sp³-hybridized carbons (Fsp3) is 0.0476. The lowest BCUT2D eigenvalue weighted by atomic mass is 10.0. The predicted molar refractivity (Wildman–Crippen MR) is 99.6 cm³/mol. The first-order valence-electron chi connectivity index (χ1n) is 8.13. The van der Waals surface area contributed by atoms with Crippen molar-refractivity contribution in [3.63, 3.8) is 0 Å². The van der Waals surface area contributed by atoms with E-state index in [1.54, 1.807) is 36.5 Å². The molecular weight excluding hydrogens is 343 g/mol. The minimum absolute atomic E-state index is 0.231. The summed E-state index contributed by atoms with van der Waals surface area (Å²) >= 11 is 0. The van der Waals surface area contributed by atoms with E-state index in [0.29, 0.717) is 11.4 Å². The number of carbonyl (C=O) groups excluding carboxylic acids is 1. The third-order valence-corrected chi connectivity index (χ3v) is 3.90. The van der Waals surface area contributed by atoms with Crippen LogP contribution in [0.4, 0.5) is 4.39 Å². The molecule has 1 amide bonds. The van der Waals surface area contributed by atoms with Gasteiger partial charge in [-0.2, -0.15) is 5.26 Å². The van der Waals surface area contributed by atoms with Crippen LogP contribution < -0.4 is 5.32 Å². The van der Waals surface area contributed by atoms with E-state index in [-0.39, 0.29) is 24.0 Å². The Morgan fingerprint density at radius 3 is 2.70 bits per heavy atom. The Labute approximate surface area is 155 Å². The zero-order valence-electron chi connectivity index (χ0n) is 14.3. The lowest BCUT2D eigenvalue weighted by molar-refractivity contribution is -0.116. The summed E-state index contributed by atoms with van der Waals surface area (Å²) in [6.07, 6.45) is 2.83. The summed E-state index contributed by atoms with van der Waals surface area (Å²) in [4.78, 5) is 20.3. The maximum absolute atomic E-state index is 13.2. The number of benzene rings is 1. The molecule has 3 rings (SSSR count). The van der Waals surface area contributed by atoms with E-state index in [1.807, 2.05) is 12.1 Å². The number of hydrogen-bond acceptors (Lipinski definition) is 4. The fourth-order valence-corrected chi connectivity index (χ4v) is 2.54. The molecular formula is C21H15FN4O. The van der Waals surface area contributed by atoms with E-state index in [1.165, 1.54) is 18.2 Å². The Hall–Kier alpha value is -3.85. The molecule has 0 spiro atoms. The highest BCUT2D eigenvalue weighted by atomic mass is 19.1. The van der Waals surface area contributed by atoms with Gasteiger partial charge in [-0.3, -0.25) is 9.78 Å². The van der Waals surface area contributed by atoms with E-state index >= 15 is 0 Å². The number of amides is 1. The monoisotopic (exact) mass is 358 g/mol. The van der Waals surface area contributed by atoms with Crippen molar-refractivity contribution in [1.29, 1.82) is 5.26 Å². The first kappa shape index (κ1) is 18.0. The van der Waals surface area contributed by atoms with Gasteiger partial charge in [0.15, 0.2) is 0 Å². The van der Waals surface area contributed by atoms with Crippen molar-refractivity contribution in [2.24, 2.45) is 0 Å². The standard InChI is InChI=1S/C21H15FN4O/c1-2-21(27)25-13-15-12-24-20(14-6-8-16(22)9-7-14)10-18(15)19-5-3-4-17(11-23)26-19/h2-10,12H,1,13H2,(H,25,27). The van der Waals surface area contributed by atoms with Crippen LogP contribution in [0.25, 0.3) is 22.5 Å². The van der Waals surface area contributed by atoms with Crippen molar-refractivity contribution in [3.8, 4) is 28.6 Å². The second-order valence-corrected chi connectivity index (χ2v) is 5.68. The van der Waals surface area contributed by atoms with E-state index in [2.05, 4.69) is 21.9 Å². The van der Waals surface area contributed by atoms with Gasteiger partial charge < -0.3 is 5.32 Å². The average Bonchev–Trinajstić information content (AvgIpc) is 2.72. The summed E-state index contributed by atoms with van der Waals surface area (Å²) in [6, 6.07) is 15.0. The Morgan fingerprint density at radius 2 is 2.00 bits per heavy atom. The minimum atomic E-state index is -0.328. The molecule has 0 saturated carbocycles. The predicted octanol–water partition coefficient (Wildman–Crippen LogP) is 3.62. The maximum atomic E-state index is 13.2. The molecule has 0 aliphatic carbocycles. The summed E-state index contributed by atoms with van der Waals surface area (Å²) in [5.74, 6) is -0.631. The number of aromatic nitrogens is 2. The average molecular weight is 358 g/mol. The van der Waals surface area contributed by atoms with Gasteiger partial charge in [-0.05, 0) is 54.1 Å². The van der Waals surface area contributed by atoms with Crippen LogP contribution in [0.2, 0.25) is 0 Å². The number of pyridine rings is 2. The van der Waals surface area contributed by atoms with Crippen LogP contribution in [-0.4, -0.2) is 15.9 Å². The molecule has 2 aromatic heterocycles. The molecule has 2 heterocycles. The summed E-state index contributed by atoms with van der Waals surface area (Å²) in [5, 5.41) is 11.8. The Bertz CT molecular complexity index is 1040. The Balaban J connectivity index is 2.08. The van der Waals surface area contributed by atoms with Crippen molar-refractivity contribution in [1.82, 2.24) is 15.3 Å². The number of carbonyl (C=O) groups is 1. The van der Waals surface area contributed by atoms with Crippen LogP contribution in [0.5, 0.6) is 0 Å². The van der Waals surface area contributed by atoms with Gasteiger partial charge in [-0.25, -0.2) is 9.37 Å². The number of rotatable bonds is 5. The van der Waals surface area contributed by atoms with E-state index in [0.717, 1.165) is 16.7 Å². The topological polar surface area (TPSA) is 78.7 Å². The third-order valence-electron chi connectivity index (χ3n) is 3.90. The second kappa shape index (κ2) is 8.02. The molecule has 1 N–H and O–H groups in total. The molecule has 0 saturated heterocycles. The minimum Gasteiger partial charge on any atom is -0.348 e. The van der Waals surface area contributed by atoms with Crippen molar-refractivity contribution in [3.05, 3.63) is 84.5 Å². The highest BCUT2D eigenvalue weighted by Crippen LogP contribution is 2.27. The number of nitrogens with zero attached hydrogens (tertiary/aromatic N) is 3. The number of halogens is 1. The largest absolute Gasteiger partial charge is 0.348 e. The van der Waals surface area contributed by atoms with Crippen LogP contribution in [0.1, 0.15) is 11.3 Å². The van der Waals surface area contributed by atoms with Crippen molar-refractivity contribution in [2.45, 2.75) is 6.54 Å². The van der Waals surface area contributed by atoms with Gasteiger partial charge in [-0.15, -0.1) is 0 Å². The third kappa shape index (κ3) is 4.22. The molecule has 1 aromatic carbocycles. The van der Waals surface area contributed by atoms with Crippen molar-refractivity contribution < 1.29 is 9.18 Å². The van der Waals surface area contributed by atoms with Crippen LogP contribution in [0.3, 0.4) is 0 Å². The van der Waals surface area contributed by atoms with E-state index < -0.39 is 0 Å². The van der Waals surface area contributed by atoms with Gasteiger partial charge in [-0.1, -0.05) is 12.6 Å². The van der Waals surface area contributed by atoms with Gasteiger partial charge in [0.1, 0.15) is 17.6 Å². The molecule has 0 unspecified atom stereocenters. The molecule has 5 nitrogen and oxygen atoms in total. The SMILES string of the molecule is C=CC(=O)NCc1cnc(-c2ccc(F)cc2)cc1-c1cccc(C#N)n1. The Morgan fingerprint density at radius 1 is 1.22 bits per heavy atom. The number of nitriles is 1. The van der Waals surface area contributed by atoms with Crippen molar-refractivity contribution in [2.75, 3.05) is 0 Å². The van der Waals surface area contributed by atoms with Crippen LogP contribution in [-0.2, 0) is 11.3 Å². The van der Waals surface area contributed by atoms with E-state index in [4.69, 9.17) is 5.26 Å². The first-order valence-corrected chi connectivity index (χ1v) is 8.13. The molecule has 6 heteroatoms. The molecule has 0 aliphatic rings. The quantitative estimate of drug-likeness (QED) is 0.707. The van der Waals surface area contributed by atoms with Gasteiger partial charge in [0.25, 0.3) is 0 Å². The molecule has 3 aromatic rings. The zero-order chi connectivity index (χ0) is 19.2. The van der Waals surface area contributed by atoms with Gasteiger partial charge >= 0.3 is 0 Å². The second-order valence-electron chi connectivity index (χ2n) is 5.68. The Kier molecular flexibility index (Phi) is 5.33. The zero-order valence-corrected chi connectivity index (χ0v) is 14.3. The van der Waals surface area contributed by atoms with Crippen LogP contribution in [0.15, 0.2) is 67.4 Å². The van der Waals surface area contributed by atoms with Crippen LogP contribution >= 0.6 is 0 Å². The maximum Gasteiger partial charge on any atom is 0.243 e. The van der Waals surface area contributed by atoms with E-state index in [9.17, 15) is 9.18 Å². The highest BCUT2D eigenvalue weighted by molar-refractivity contribution is 5.87. The molecule has 0 radical (unpaired) electrons. The summed E-state index contributed by atoms with van der Waals surface area (Å²) in [7, 11) is 0. The van der Waals surface area contributed by atoms with Gasteiger partial charge in [0.2, 0.25) is 5.91 Å². The molecule has 132 valence electrons. The van der Waals surface area contributed by atoms with Gasteiger partial charge in [0.05, 0.1) is 11.4 Å². The van der Waals surface area contributed by atoms with Gasteiger partial charge in [0, 0.05) is 23.9 Å². The highest BCUT2D eigenvalue weighted by Gasteiger charge is 2.12. The normalized spacial score (nSPS) is 10.1. The molecule has 27 heavy (non-hydrogen) atoms. The number of nitrogens with one attached hydrogen (secondary N) is 1. The first-order chi connectivity index (χ1) is 13.1.